The highest BCUT2D eigenvalue weighted by Gasteiger charge is 2.28. The van der Waals surface area contributed by atoms with E-state index in [4.69, 9.17) is 10.3 Å². The molecule has 1 heterocycles. The largest absolute Gasteiger partial charge is 0.389 e. The van der Waals surface area contributed by atoms with Crippen LogP contribution in [0.4, 0.5) is 13.2 Å². The Morgan fingerprint density at radius 1 is 1.28 bits per heavy atom. The highest BCUT2D eigenvalue weighted by atomic mass is 19.4. The molecule has 0 saturated carbocycles. The molecule has 0 bridgehead atoms. The standard InChI is InChI=1S/C11H18F3N3O/c1-10(2,3)7(15)6-9-16-8(17-18-9)4-5-11(12,13)14/h7H,4-6,15H2,1-3H3. The van der Waals surface area contributed by atoms with Gasteiger partial charge in [0.15, 0.2) is 5.82 Å². The molecule has 0 radical (unpaired) electrons. The van der Waals surface area contributed by atoms with Gasteiger partial charge in [-0.25, -0.2) is 0 Å². The van der Waals surface area contributed by atoms with Gasteiger partial charge in [0, 0.05) is 18.9 Å². The second kappa shape index (κ2) is 5.26. The fourth-order valence-electron chi connectivity index (χ4n) is 1.22. The topological polar surface area (TPSA) is 64.9 Å². The van der Waals surface area contributed by atoms with Crippen LogP contribution in [0.1, 0.15) is 38.9 Å². The van der Waals surface area contributed by atoms with Crippen molar-refractivity contribution in [2.24, 2.45) is 11.1 Å². The quantitative estimate of drug-likeness (QED) is 0.908. The third kappa shape index (κ3) is 5.03. The van der Waals surface area contributed by atoms with Crippen molar-refractivity contribution in [1.82, 2.24) is 10.1 Å². The first kappa shape index (κ1) is 14.9. The number of hydrogen-bond donors (Lipinski definition) is 1. The zero-order valence-electron chi connectivity index (χ0n) is 10.7. The van der Waals surface area contributed by atoms with E-state index in [1.807, 2.05) is 20.8 Å². The van der Waals surface area contributed by atoms with Crippen molar-refractivity contribution in [3.8, 4) is 0 Å². The fourth-order valence-corrected chi connectivity index (χ4v) is 1.22. The van der Waals surface area contributed by atoms with Gasteiger partial charge in [0.05, 0.1) is 6.42 Å². The molecule has 0 aliphatic carbocycles. The van der Waals surface area contributed by atoms with E-state index in [1.165, 1.54) is 0 Å². The molecule has 2 N–H and O–H groups in total. The molecule has 18 heavy (non-hydrogen) atoms. The molecule has 0 aliphatic rings. The Bertz CT molecular complexity index is 382. The van der Waals surface area contributed by atoms with E-state index >= 15 is 0 Å². The lowest BCUT2D eigenvalue weighted by Gasteiger charge is -2.25. The van der Waals surface area contributed by atoms with Gasteiger partial charge >= 0.3 is 6.18 Å². The van der Waals surface area contributed by atoms with Gasteiger partial charge in [-0.3, -0.25) is 0 Å². The van der Waals surface area contributed by atoms with Crippen LogP contribution in [0.5, 0.6) is 0 Å². The van der Waals surface area contributed by atoms with Crippen molar-refractivity contribution < 1.29 is 17.7 Å². The predicted octanol–water partition coefficient (Wildman–Crippen LogP) is 2.48. The van der Waals surface area contributed by atoms with Crippen LogP contribution >= 0.6 is 0 Å². The minimum atomic E-state index is -4.21. The SMILES string of the molecule is CC(C)(C)C(N)Cc1nc(CCC(F)(F)F)no1. The van der Waals surface area contributed by atoms with Crippen LogP contribution in [0.2, 0.25) is 0 Å². The lowest BCUT2D eigenvalue weighted by Crippen LogP contribution is -2.37. The third-order valence-electron chi connectivity index (χ3n) is 2.65. The van der Waals surface area contributed by atoms with Crippen molar-refractivity contribution in [3.05, 3.63) is 11.7 Å². The van der Waals surface area contributed by atoms with Crippen molar-refractivity contribution in [2.45, 2.75) is 52.3 Å². The van der Waals surface area contributed by atoms with Crippen LogP contribution in [0, 0.1) is 5.41 Å². The average molecular weight is 265 g/mol. The number of nitrogens with two attached hydrogens (primary N) is 1. The molecule has 1 rings (SSSR count). The molecule has 1 unspecified atom stereocenters. The minimum Gasteiger partial charge on any atom is -0.339 e. The monoisotopic (exact) mass is 265 g/mol. The summed E-state index contributed by atoms with van der Waals surface area (Å²) in [5.41, 5.74) is 5.80. The summed E-state index contributed by atoms with van der Waals surface area (Å²) < 4.78 is 40.9. The minimum absolute atomic E-state index is 0.0726. The predicted molar refractivity (Wildman–Crippen MR) is 59.8 cm³/mol. The number of nitrogens with zero attached hydrogens (tertiary/aromatic N) is 2. The third-order valence-corrected chi connectivity index (χ3v) is 2.65. The molecule has 1 aromatic rings. The van der Waals surface area contributed by atoms with Gasteiger partial charge in [-0.05, 0) is 5.41 Å². The first-order valence-electron chi connectivity index (χ1n) is 5.72. The molecule has 1 aromatic heterocycles. The van der Waals surface area contributed by atoms with Gasteiger partial charge in [0.2, 0.25) is 5.89 Å². The molecule has 0 saturated heterocycles. The summed E-state index contributed by atoms with van der Waals surface area (Å²) in [6, 6.07) is -0.187. The molecule has 104 valence electrons. The number of aryl methyl sites for hydroxylation is 1. The Morgan fingerprint density at radius 3 is 2.39 bits per heavy atom. The summed E-state index contributed by atoms with van der Waals surface area (Å²) in [6.07, 6.45) is -5.06. The van der Waals surface area contributed by atoms with E-state index in [0.29, 0.717) is 6.42 Å². The molecular weight excluding hydrogens is 247 g/mol. The number of halogens is 3. The van der Waals surface area contributed by atoms with Gasteiger partial charge in [-0.2, -0.15) is 18.2 Å². The van der Waals surface area contributed by atoms with Crippen LogP contribution in [-0.2, 0) is 12.8 Å². The smallest absolute Gasteiger partial charge is 0.339 e. The maximum absolute atomic E-state index is 12.0. The van der Waals surface area contributed by atoms with Gasteiger partial charge in [-0.15, -0.1) is 0 Å². The summed E-state index contributed by atoms with van der Waals surface area (Å²) >= 11 is 0. The Hall–Kier alpha value is -1.11. The second-order valence-electron chi connectivity index (χ2n) is 5.40. The van der Waals surface area contributed by atoms with Crippen LogP contribution in [0.15, 0.2) is 4.52 Å². The first-order valence-corrected chi connectivity index (χ1v) is 5.72. The number of hydrogen-bond acceptors (Lipinski definition) is 4. The van der Waals surface area contributed by atoms with E-state index in [1.54, 1.807) is 0 Å². The van der Waals surface area contributed by atoms with Crippen LogP contribution in [0.3, 0.4) is 0 Å². The van der Waals surface area contributed by atoms with Crippen molar-refractivity contribution >= 4 is 0 Å². The van der Waals surface area contributed by atoms with E-state index in [0.717, 1.165) is 0 Å². The highest BCUT2D eigenvalue weighted by molar-refractivity contribution is 4.92. The summed E-state index contributed by atoms with van der Waals surface area (Å²) in [6.45, 7) is 5.91. The van der Waals surface area contributed by atoms with Crippen molar-refractivity contribution in [2.75, 3.05) is 0 Å². The van der Waals surface area contributed by atoms with E-state index in [2.05, 4.69) is 10.1 Å². The van der Waals surface area contributed by atoms with E-state index in [9.17, 15) is 13.2 Å². The van der Waals surface area contributed by atoms with Crippen molar-refractivity contribution in [3.63, 3.8) is 0 Å². The van der Waals surface area contributed by atoms with Crippen LogP contribution in [-0.4, -0.2) is 22.4 Å². The van der Waals surface area contributed by atoms with Gasteiger partial charge < -0.3 is 10.3 Å². The van der Waals surface area contributed by atoms with Gasteiger partial charge in [0.1, 0.15) is 0 Å². The van der Waals surface area contributed by atoms with Gasteiger partial charge in [-0.1, -0.05) is 25.9 Å². The normalized spacial score (nSPS) is 14.8. The summed E-state index contributed by atoms with van der Waals surface area (Å²) in [7, 11) is 0. The molecule has 4 nitrogen and oxygen atoms in total. The molecule has 0 fully saturated rings. The molecule has 0 aliphatic heterocycles. The number of alkyl halides is 3. The molecule has 7 heteroatoms. The Morgan fingerprint density at radius 2 is 1.89 bits per heavy atom. The number of aromatic nitrogens is 2. The molecular formula is C11H18F3N3O. The summed E-state index contributed by atoms with van der Waals surface area (Å²) in [4.78, 5) is 3.91. The van der Waals surface area contributed by atoms with Crippen LogP contribution < -0.4 is 5.73 Å². The highest BCUT2D eigenvalue weighted by Crippen LogP contribution is 2.22. The fraction of sp³-hybridized carbons (Fsp3) is 0.818. The Kier molecular flexibility index (Phi) is 4.37. The van der Waals surface area contributed by atoms with Gasteiger partial charge in [0.25, 0.3) is 0 Å². The van der Waals surface area contributed by atoms with Crippen molar-refractivity contribution in [1.29, 1.82) is 0 Å². The summed E-state index contributed by atoms with van der Waals surface area (Å²) in [5.74, 6) is 0.359. The molecule has 0 spiro atoms. The Balaban J connectivity index is 2.54. The second-order valence-corrected chi connectivity index (χ2v) is 5.40. The molecule has 0 aromatic carbocycles. The van der Waals surface area contributed by atoms with E-state index in [-0.39, 0.29) is 29.6 Å². The molecule has 1 atom stereocenters. The molecule has 0 amide bonds. The zero-order valence-corrected chi connectivity index (χ0v) is 10.7. The lowest BCUT2D eigenvalue weighted by molar-refractivity contribution is -0.134. The maximum atomic E-state index is 12.0. The number of rotatable bonds is 4. The maximum Gasteiger partial charge on any atom is 0.389 e. The first-order chi connectivity index (χ1) is 8.08. The zero-order chi connectivity index (χ0) is 14.0. The Labute approximate surface area is 104 Å². The lowest BCUT2D eigenvalue weighted by atomic mass is 9.85. The van der Waals surface area contributed by atoms with E-state index < -0.39 is 12.6 Å². The average Bonchev–Trinajstić information content (AvgIpc) is 2.60. The van der Waals surface area contributed by atoms with Crippen LogP contribution in [0.25, 0.3) is 0 Å². The summed E-state index contributed by atoms with van der Waals surface area (Å²) in [5, 5.41) is 3.51.